The summed E-state index contributed by atoms with van der Waals surface area (Å²) in [6.07, 6.45) is 4.35. The van der Waals surface area contributed by atoms with Crippen molar-refractivity contribution < 1.29 is 0 Å². The van der Waals surface area contributed by atoms with E-state index >= 15 is 0 Å². The summed E-state index contributed by atoms with van der Waals surface area (Å²) >= 11 is 6.33. The van der Waals surface area contributed by atoms with Crippen LogP contribution in [0.1, 0.15) is 46.4 Å². The third kappa shape index (κ3) is 0.854. The van der Waals surface area contributed by atoms with Crippen molar-refractivity contribution >= 4 is 24.0 Å². The van der Waals surface area contributed by atoms with Crippen LogP contribution in [0, 0.1) is 0 Å². The van der Waals surface area contributed by atoms with E-state index in [1.54, 1.807) is 10.4 Å². The first-order valence-corrected chi connectivity index (χ1v) is 6.06. The maximum Gasteiger partial charge on any atom is 0.0248 e. The van der Waals surface area contributed by atoms with Crippen LogP contribution in [-0.4, -0.2) is 0 Å². The van der Waals surface area contributed by atoms with Crippen LogP contribution in [0.3, 0.4) is 0 Å². The van der Waals surface area contributed by atoms with Crippen molar-refractivity contribution in [2.24, 2.45) is 0 Å². The lowest BCUT2D eigenvalue weighted by Gasteiger charge is -2.07. The molecule has 2 aliphatic rings. The van der Waals surface area contributed by atoms with Gasteiger partial charge in [-0.1, -0.05) is 0 Å². The summed E-state index contributed by atoms with van der Waals surface area (Å²) in [5.41, 5.74) is 1.68. The van der Waals surface area contributed by atoms with E-state index in [9.17, 15) is 0 Å². The Labute approximate surface area is 82.4 Å². The van der Waals surface area contributed by atoms with E-state index < -0.39 is 0 Å². The van der Waals surface area contributed by atoms with Crippen LogP contribution in [0.2, 0.25) is 0 Å². The van der Waals surface area contributed by atoms with Crippen molar-refractivity contribution in [3.63, 3.8) is 0 Å². The molecule has 2 heteroatoms. The SMILES string of the molecule is SCc1cc2c(s1)C1CCC2C1. The lowest BCUT2D eigenvalue weighted by molar-refractivity contribution is 0.728. The molecule has 1 fully saturated rings. The highest BCUT2D eigenvalue weighted by Crippen LogP contribution is 2.55. The van der Waals surface area contributed by atoms with Gasteiger partial charge in [0.2, 0.25) is 0 Å². The van der Waals surface area contributed by atoms with Crippen molar-refractivity contribution in [2.75, 3.05) is 0 Å². The average molecular weight is 196 g/mol. The molecule has 1 aromatic heterocycles. The number of rotatable bonds is 1. The summed E-state index contributed by atoms with van der Waals surface area (Å²) in [5, 5.41) is 0. The van der Waals surface area contributed by atoms with Crippen molar-refractivity contribution in [3.8, 4) is 0 Å². The van der Waals surface area contributed by atoms with E-state index in [1.807, 2.05) is 11.3 Å². The molecule has 3 rings (SSSR count). The molecule has 0 nitrogen and oxygen atoms in total. The van der Waals surface area contributed by atoms with Crippen LogP contribution in [0.4, 0.5) is 0 Å². The first-order valence-electron chi connectivity index (χ1n) is 4.62. The lowest BCUT2D eigenvalue weighted by Crippen LogP contribution is -1.91. The standard InChI is InChI=1S/C10H12S2/c11-5-8-4-9-6-1-2-7(3-6)10(9)12-8/h4,6-7,11H,1-3,5H2. The van der Waals surface area contributed by atoms with E-state index in [4.69, 9.17) is 0 Å². The van der Waals surface area contributed by atoms with Crippen LogP contribution >= 0.6 is 24.0 Å². The van der Waals surface area contributed by atoms with Crippen molar-refractivity contribution in [2.45, 2.75) is 36.9 Å². The molecule has 12 heavy (non-hydrogen) atoms. The lowest BCUT2D eigenvalue weighted by atomic mass is 9.99. The van der Waals surface area contributed by atoms with Gasteiger partial charge < -0.3 is 0 Å². The van der Waals surface area contributed by atoms with Gasteiger partial charge in [-0.25, -0.2) is 0 Å². The molecule has 1 saturated carbocycles. The predicted octanol–water partition coefficient (Wildman–Crippen LogP) is 3.54. The summed E-state index contributed by atoms with van der Waals surface area (Å²) in [5.74, 6) is 2.79. The van der Waals surface area contributed by atoms with Gasteiger partial charge in [-0.05, 0) is 42.7 Å². The Morgan fingerprint density at radius 1 is 1.42 bits per heavy atom. The van der Waals surface area contributed by atoms with E-state index in [0.29, 0.717) is 0 Å². The smallest absolute Gasteiger partial charge is 0.0248 e. The fourth-order valence-electron chi connectivity index (χ4n) is 2.69. The second-order valence-electron chi connectivity index (χ2n) is 3.90. The van der Waals surface area contributed by atoms with Crippen LogP contribution < -0.4 is 0 Å². The van der Waals surface area contributed by atoms with Gasteiger partial charge in [0, 0.05) is 15.5 Å². The van der Waals surface area contributed by atoms with E-state index in [-0.39, 0.29) is 0 Å². The Morgan fingerprint density at radius 3 is 3.00 bits per heavy atom. The molecule has 0 aliphatic heterocycles. The van der Waals surface area contributed by atoms with Gasteiger partial charge in [0.15, 0.2) is 0 Å². The van der Waals surface area contributed by atoms with Crippen molar-refractivity contribution in [1.82, 2.24) is 0 Å². The van der Waals surface area contributed by atoms with Crippen molar-refractivity contribution in [3.05, 3.63) is 21.4 Å². The van der Waals surface area contributed by atoms with E-state index in [2.05, 4.69) is 18.7 Å². The van der Waals surface area contributed by atoms with Gasteiger partial charge >= 0.3 is 0 Å². The number of thiol groups is 1. The zero-order chi connectivity index (χ0) is 8.13. The van der Waals surface area contributed by atoms with Gasteiger partial charge in [0.25, 0.3) is 0 Å². The molecular formula is C10H12S2. The molecule has 0 spiro atoms. The number of fused-ring (bicyclic) bond motifs is 5. The van der Waals surface area contributed by atoms with Crippen LogP contribution in [0.15, 0.2) is 6.07 Å². The van der Waals surface area contributed by atoms with E-state index in [1.165, 1.54) is 24.1 Å². The molecule has 2 aliphatic carbocycles. The van der Waals surface area contributed by atoms with Crippen molar-refractivity contribution in [1.29, 1.82) is 0 Å². The van der Waals surface area contributed by atoms with Crippen LogP contribution in [-0.2, 0) is 5.75 Å². The Bertz CT molecular complexity index is 286. The van der Waals surface area contributed by atoms with Gasteiger partial charge in [-0.2, -0.15) is 12.6 Å². The monoisotopic (exact) mass is 196 g/mol. The summed E-state index contributed by atoms with van der Waals surface area (Å²) in [6, 6.07) is 2.40. The molecule has 2 atom stereocenters. The molecule has 1 aromatic rings. The fourth-order valence-corrected chi connectivity index (χ4v) is 4.23. The predicted molar refractivity (Wildman–Crippen MR) is 56.3 cm³/mol. The Morgan fingerprint density at radius 2 is 2.25 bits per heavy atom. The minimum atomic E-state index is 0.926. The first-order chi connectivity index (χ1) is 5.88. The molecule has 0 N–H and O–H groups in total. The molecule has 0 saturated heterocycles. The quantitative estimate of drug-likeness (QED) is 0.653. The molecule has 0 radical (unpaired) electrons. The highest BCUT2D eigenvalue weighted by molar-refractivity contribution is 7.79. The second-order valence-corrected chi connectivity index (χ2v) is 5.38. The zero-order valence-corrected chi connectivity index (χ0v) is 8.63. The largest absolute Gasteiger partial charge is 0.174 e. The fraction of sp³-hybridized carbons (Fsp3) is 0.600. The maximum atomic E-state index is 4.32. The summed E-state index contributed by atoms with van der Waals surface area (Å²) < 4.78 is 0. The van der Waals surface area contributed by atoms with Crippen LogP contribution in [0.5, 0.6) is 0 Å². The number of thiophene rings is 1. The number of hydrogen-bond donors (Lipinski definition) is 1. The minimum absolute atomic E-state index is 0.926. The summed E-state index contributed by atoms with van der Waals surface area (Å²) in [4.78, 5) is 3.18. The highest BCUT2D eigenvalue weighted by atomic mass is 32.1. The molecular weight excluding hydrogens is 184 g/mol. The third-order valence-corrected chi connectivity index (χ3v) is 5.11. The zero-order valence-electron chi connectivity index (χ0n) is 6.92. The first kappa shape index (κ1) is 7.45. The summed E-state index contributed by atoms with van der Waals surface area (Å²) in [7, 11) is 0. The molecule has 64 valence electrons. The highest BCUT2D eigenvalue weighted by Gasteiger charge is 2.38. The topological polar surface area (TPSA) is 0 Å². The van der Waals surface area contributed by atoms with Gasteiger partial charge in [0.1, 0.15) is 0 Å². The molecule has 2 bridgehead atoms. The van der Waals surface area contributed by atoms with Gasteiger partial charge in [0.05, 0.1) is 0 Å². The van der Waals surface area contributed by atoms with Crippen LogP contribution in [0.25, 0.3) is 0 Å². The number of hydrogen-bond acceptors (Lipinski definition) is 2. The minimum Gasteiger partial charge on any atom is -0.174 e. The molecule has 0 amide bonds. The Balaban J connectivity index is 2.10. The Kier molecular flexibility index (Phi) is 1.56. The maximum absolute atomic E-state index is 4.32. The summed E-state index contributed by atoms with van der Waals surface area (Å²) in [6.45, 7) is 0. The second kappa shape index (κ2) is 2.52. The van der Waals surface area contributed by atoms with Gasteiger partial charge in [-0.3, -0.25) is 0 Å². The molecule has 0 aromatic carbocycles. The van der Waals surface area contributed by atoms with Gasteiger partial charge in [-0.15, -0.1) is 11.3 Å². The third-order valence-electron chi connectivity index (χ3n) is 3.24. The average Bonchev–Trinajstić information content (AvgIpc) is 2.75. The van der Waals surface area contributed by atoms with E-state index in [0.717, 1.165) is 17.6 Å². The Hall–Kier alpha value is 0.0500. The molecule has 1 heterocycles. The molecule has 2 unspecified atom stereocenters. The normalized spacial score (nSPS) is 31.1.